The minimum atomic E-state index is 0.607. The van der Waals surface area contributed by atoms with E-state index >= 15 is 0 Å². The van der Waals surface area contributed by atoms with Crippen LogP contribution in [0.3, 0.4) is 0 Å². The lowest BCUT2D eigenvalue weighted by Gasteiger charge is -2.16. The second kappa shape index (κ2) is 3.54. The average Bonchev–Trinajstić information content (AvgIpc) is 2.27. The zero-order valence-corrected chi connectivity index (χ0v) is 7.82. The van der Waals surface area contributed by atoms with Crippen molar-refractivity contribution in [1.82, 2.24) is 0 Å². The van der Waals surface area contributed by atoms with Crippen molar-refractivity contribution < 1.29 is 14.3 Å². The van der Waals surface area contributed by atoms with Crippen LogP contribution in [-0.2, 0) is 11.2 Å². The van der Waals surface area contributed by atoms with E-state index in [0.29, 0.717) is 23.5 Å². The van der Waals surface area contributed by atoms with Crippen LogP contribution < -0.4 is 9.47 Å². The monoisotopic (exact) mass is 190 g/mol. The third kappa shape index (κ3) is 1.37. The molecule has 1 aromatic rings. The van der Waals surface area contributed by atoms with Crippen LogP contribution in [0.1, 0.15) is 5.56 Å². The Kier molecular flexibility index (Phi) is 2.23. The smallest absolute Gasteiger partial charge is 0.171 e. The Labute approximate surface area is 81.9 Å². The fourth-order valence-electron chi connectivity index (χ4n) is 1.46. The first-order chi connectivity index (χ1) is 6.85. The topological polar surface area (TPSA) is 35.5 Å². The second-order valence-corrected chi connectivity index (χ2v) is 3.05. The summed E-state index contributed by atoms with van der Waals surface area (Å²) < 4.78 is 10.5. The van der Waals surface area contributed by atoms with Crippen molar-refractivity contribution in [3.05, 3.63) is 35.6 Å². The number of para-hydroxylation sites is 1. The van der Waals surface area contributed by atoms with Crippen LogP contribution >= 0.6 is 0 Å². The quantitative estimate of drug-likeness (QED) is 0.666. The van der Waals surface area contributed by atoms with Gasteiger partial charge in [0, 0.05) is 17.6 Å². The molecule has 0 saturated heterocycles. The van der Waals surface area contributed by atoms with E-state index in [1.165, 1.54) is 6.26 Å². The third-order valence-electron chi connectivity index (χ3n) is 2.15. The molecule has 1 heterocycles. The molecule has 0 spiro atoms. The minimum Gasteiger partial charge on any atom is -0.493 e. The van der Waals surface area contributed by atoms with Crippen molar-refractivity contribution in [3.8, 4) is 11.5 Å². The maximum Gasteiger partial charge on any atom is 0.171 e. The highest BCUT2D eigenvalue weighted by Crippen LogP contribution is 2.34. The van der Waals surface area contributed by atoms with Crippen LogP contribution in [0.2, 0.25) is 0 Å². The van der Waals surface area contributed by atoms with Crippen molar-refractivity contribution >= 4 is 6.29 Å². The Morgan fingerprint density at radius 1 is 1.50 bits per heavy atom. The van der Waals surface area contributed by atoms with Crippen LogP contribution in [0, 0.1) is 0 Å². The lowest BCUT2D eigenvalue weighted by molar-refractivity contribution is -0.105. The summed E-state index contributed by atoms with van der Waals surface area (Å²) in [5.74, 6) is 1.41. The molecular formula is C11H10O3. The summed E-state index contributed by atoms with van der Waals surface area (Å²) in [6.07, 6.45) is 2.89. The molecule has 0 fully saturated rings. The van der Waals surface area contributed by atoms with Gasteiger partial charge in [-0.2, -0.15) is 0 Å². The van der Waals surface area contributed by atoms with Gasteiger partial charge in [-0.3, -0.25) is 4.79 Å². The third-order valence-corrected chi connectivity index (χ3v) is 2.15. The molecule has 14 heavy (non-hydrogen) atoms. The molecule has 1 aliphatic rings. The zero-order valence-electron chi connectivity index (χ0n) is 7.82. The van der Waals surface area contributed by atoms with E-state index in [0.717, 1.165) is 11.8 Å². The molecule has 3 heteroatoms. The predicted molar refractivity (Wildman–Crippen MR) is 51.5 cm³/mol. The zero-order chi connectivity index (χ0) is 9.97. The lowest BCUT2D eigenvalue weighted by Crippen LogP contribution is -2.04. The van der Waals surface area contributed by atoms with E-state index in [1.807, 2.05) is 18.2 Å². The highest BCUT2D eigenvalue weighted by atomic mass is 16.5. The maximum atomic E-state index is 10.5. The van der Waals surface area contributed by atoms with Gasteiger partial charge in [-0.1, -0.05) is 12.1 Å². The number of fused-ring (bicyclic) bond motifs is 1. The minimum absolute atomic E-state index is 0.607. The van der Waals surface area contributed by atoms with Gasteiger partial charge in [0.05, 0.1) is 13.4 Å². The summed E-state index contributed by atoms with van der Waals surface area (Å²) in [4.78, 5) is 10.5. The van der Waals surface area contributed by atoms with E-state index in [1.54, 1.807) is 7.11 Å². The number of benzene rings is 1. The van der Waals surface area contributed by atoms with Crippen LogP contribution in [0.5, 0.6) is 11.5 Å². The molecule has 2 rings (SSSR count). The number of hydrogen-bond acceptors (Lipinski definition) is 3. The molecule has 0 aliphatic carbocycles. The summed E-state index contributed by atoms with van der Waals surface area (Å²) in [5.41, 5.74) is 1.62. The number of carbonyl (C=O) groups excluding carboxylic acids is 1. The Morgan fingerprint density at radius 3 is 3.07 bits per heavy atom. The summed E-state index contributed by atoms with van der Waals surface area (Å²) in [6.45, 7) is 0. The van der Waals surface area contributed by atoms with E-state index in [4.69, 9.17) is 9.47 Å². The SMILES string of the molecule is COc1cccc2c1OC=C(C=O)C2. The van der Waals surface area contributed by atoms with Crippen LogP contribution in [-0.4, -0.2) is 13.4 Å². The Balaban J connectivity index is 2.41. The molecule has 72 valence electrons. The van der Waals surface area contributed by atoms with E-state index < -0.39 is 0 Å². The standard InChI is InChI=1S/C11H10O3/c1-13-10-4-2-3-9-5-8(6-12)7-14-11(9)10/h2-4,6-7H,5H2,1H3. The summed E-state index contributed by atoms with van der Waals surface area (Å²) >= 11 is 0. The van der Waals surface area contributed by atoms with Crippen LogP contribution in [0.25, 0.3) is 0 Å². The van der Waals surface area contributed by atoms with Gasteiger partial charge in [0.2, 0.25) is 0 Å². The largest absolute Gasteiger partial charge is 0.493 e. The van der Waals surface area contributed by atoms with Gasteiger partial charge in [-0.25, -0.2) is 0 Å². The van der Waals surface area contributed by atoms with Crippen molar-refractivity contribution in [2.24, 2.45) is 0 Å². The number of rotatable bonds is 2. The first-order valence-corrected chi connectivity index (χ1v) is 4.32. The molecule has 0 unspecified atom stereocenters. The highest BCUT2D eigenvalue weighted by molar-refractivity contribution is 5.75. The number of aldehydes is 1. The normalized spacial score (nSPS) is 13.6. The summed E-state index contributed by atoms with van der Waals surface area (Å²) in [5, 5.41) is 0. The Bertz CT molecular complexity index is 394. The summed E-state index contributed by atoms with van der Waals surface area (Å²) in [7, 11) is 1.60. The van der Waals surface area contributed by atoms with Gasteiger partial charge in [-0.15, -0.1) is 0 Å². The first-order valence-electron chi connectivity index (χ1n) is 4.32. The average molecular weight is 190 g/mol. The van der Waals surface area contributed by atoms with Crippen molar-refractivity contribution in [1.29, 1.82) is 0 Å². The predicted octanol–water partition coefficient (Wildman–Crippen LogP) is 1.71. The number of carbonyl (C=O) groups is 1. The molecule has 0 N–H and O–H groups in total. The molecule has 0 atom stereocenters. The van der Waals surface area contributed by atoms with Gasteiger partial charge in [0.25, 0.3) is 0 Å². The van der Waals surface area contributed by atoms with Crippen LogP contribution in [0.4, 0.5) is 0 Å². The molecule has 0 radical (unpaired) electrons. The Hall–Kier alpha value is -1.77. The van der Waals surface area contributed by atoms with Crippen molar-refractivity contribution in [2.45, 2.75) is 6.42 Å². The molecule has 0 amide bonds. The number of allylic oxidation sites excluding steroid dienone is 1. The van der Waals surface area contributed by atoms with Crippen LogP contribution in [0.15, 0.2) is 30.0 Å². The molecule has 1 aliphatic heterocycles. The van der Waals surface area contributed by atoms with Gasteiger partial charge in [0.1, 0.15) is 6.29 Å². The molecule has 0 bridgehead atoms. The fourth-order valence-corrected chi connectivity index (χ4v) is 1.46. The number of ether oxygens (including phenoxy) is 2. The second-order valence-electron chi connectivity index (χ2n) is 3.05. The van der Waals surface area contributed by atoms with Crippen molar-refractivity contribution in [2.75, 3.05) is 7.11 Å². The number of hydrogen-bond donors (Lipinski definition) is 0. The van der Waals surface area contributed by atoms with E-state index in [2.05, 4.69) is 0 Å². The molecular weight excluding hydrogens is 180 g/mol. The van der Waals surface area contributed by atoms with Crippen molar-refractivity contribution in [3.63, 3.8) is 0 Å². The summed E-state index contributed by atoms with van der Waals surface area (Å²) in [6, 6.07) is 5.64. The first kappa shape index (κ1) is 8.81. The molecule has 0 saturated carbocycles. The van der Waals surface area contributed by atoms with E-state index in [9.17, 15) is 4.79 Å². The van der Waals surface area contributed by atoms with Gasteiger partial charge < -0.3 is 9.47 Å². The molecule has 3 nitrogen and oxygen atoms in total. The van der Waals surface area contributed by atoms with Gasteiger partial charge >= 0.3 is 0 Å². The molecule has 0 aromatic heterocycles. The fraction of sp³-hybridized carbons (Fsp3) is 0.182. The Morgan fingerprint density at radius 2 is 2.36 bits per heavy atom. The van der Waals surface area contributed by atoms with E-state index in [-0.39, 0.29) is 0 Å². The molecule has 1 aromatic carbocycles. The van der Waals surface area contributed by atoms with Gasteiger partial charge in [-0.05, 0) is 6.07 Å². The number of methoxy groups -OCH3 is 1. The highest BCUT2D eigenvalue weighted by Gasteiger charge is 2.15. The van der Waals surface area contributed by atoms with Gasteiger partial charge in [0.15, 0.2) is 11.5 Å². The maximum absolute atomic E-state index is 10.5. The lowest BCUT2D eigenvalue weighted by atomic mass is 10.0.